The molecule has 3 aromatic heterocycles. The van der Waals surface area contributed by atoms with Gasteiger partial charge in [0.2, 0.25) is 5.91 Å². The average molecular weight is 412 g/mol. The molecule has 154 valence electrons. The summed E-state index contributed by atoms with van der Waals surface area (Å²) in [5.41, 5.74) is 3.69. The van der Waals surface area contributed by atoms with E-state index in [2.05, 4.69) is 5.32 Å². The van der Waals surface area contributed by atoms with Crippen LogP contribution in [0.1, 0.15) is 12.8 Å². The highest BCUT2D eigenvalue weighted by atomic mass is 16.4. The van der Waals surface area contributed by atoms with Crippen molar-refractivity contribution in [2.75, 3.05) is 5.32 Å². The number of benzene rings is 2. The Hall–Kier alpha value is -4.13. The molecule has 1 N–H and O–H groups in total. The molecule has 0 bridgehead atoms. The van der Waals surface area contributed by atoms with Crippen LogP contribution in [0.3, 0.4) is 0 Å². The monoisotopic (exact) mass is 412 g/mol. The van der Waals surface area contributed by atoms with Crippen molar-refractivity contribution in [1.29, 1.82) is 0 Å². The zero-order valence-electron chi connectivity index (χ0n) is 16.7. The van der Waals surface area contributed by atoms with Crippen molar-refractivity contribution in [2.24, 2.45) is 0 Å². The zero-order chi connectivity index (χ0) is 21.2. The van der Waals surface area contributed by atoms with E-state index in [1.165, 1.54) is 0 Å². The second-order valence-electron chi connectivity index (χ2n) is 7.24. The number of nitrogens with one attached hydrogen (secondary N) is 1. The van der Waals surface area contributed by atoms with Gasteiger partial charge < -0.3 is 9.73 Å². The van der Waals surface area contributed by atoms with Crippen molar-refractivity contribution in [2.45, 2.75) is 19.4 Å². The minimum absolute atomic E-state index is 0.135. The highest BCUT2D eigenvalue weighted by Gasteiger charge is 2.16. The smallest absolute Gasteiger partial charge is 0.408 e. The van der Waals surface area contributed by atoms with Gasteiger partial charge in [-0.15, -0.1) is 0 Å². The largest absolute Gasteiger partial charge is 0.419 e. The summed E-state index contributed by atoms with van der Waals surface area (Å²) in [6.45, 7) is 0.405. The van der Waals surface area contributed by atoms with Crippen molar-refractivity contribution in [3.8, 4) is 11.3 Å². The molecule has 31 heavy (non-hydrogen) atoms. The Morgan fingerprint density at radius 3 is 2.61 bits per heavy atom. The standard InChI is InChI=1S/C24H20N4O3/c29-21(14-8-16-27-18-11-4-5-12-19(18)31-24(27)30)26-23-22(17-9-2-1-3-10-17)25-20-13-6-7-15-28(20)23/h1-7,9-13,15H,8,14,16H2,(H,26,29). The van der Waals surface area contributed by atoms with E-state index in [-0.39, 0.29) is 12.3 Å². The van der Waals surface area contributed by atoms with E-state index in [1.54, 1.807) is 10.6 Å². The maximum atomic E-state index is 12.8. The third kappa shape index (κ3) is 3.61. The average Bonchev–Trinajstić information content (AvgIpc) is 3.32. The van der Waals surface area contributed by atoms with E-state index in [0.29, 0.717) is 24.4 Å². The number of anilines is 1. The zero-order valence-corrected chi connectivity index (χ0v) is 16.7. The van der Waals surface area contributed by atoms with Crippen LogP contribution in [-0.2, 0) is 11.3 Å². The minimum Gasteiger partial charge on any atom is -0.408 e. The number of hydrogen-bond donors (Lipinski definition) is 1. The molecule has 0 fully saturated rings. The number of hydrogen-bond acceptors (Lipinski definition) is 4. The molecule has 2 aromatic carbocycles. The Morgan fingerprint density at radius 1 is 0.968 bits per heavy atom. The van der Waals surface area contributed by atoms with Crippen molar-refractivity contribution in [3.05, 3.63) is 89.5 Å². The number of fused-ring (bicyclic) bond motifs is 2. The number of carbonyl (C=O) groups is 1. The van der Waals surface area contributed by atoms with Crippen LogP contribution in [0.5, 0.6) is 0 Å². The molecule has 0 unspecified atom stereocenters. The summed E-state index contributed by atoms with van der Waals surface area (Å²) in [7, 11) is 0. The molecular weight excluding hydrogens is 392 g/mol. The number of amides is 1. The van der Waals surface area contributed by atoms with E-state index >= 15 is 0 Å². The lowest BCUT2D eigenvalue weighted by atomic mass is 10.1. The van der Waals surface area contributed by atoms with Crippen molar-refractivity contribution >= 4 is 28.5 Å². The lowest BCUT2D eigenvalue weighted by Gasteiger charge is -2.08. The maximum absolute atomic E-state index is 12.8. The summed E-state index contributed by atoms with van der Waals surface area (Å²) in [5, 5.41) is 3.01. The first kappa shape index (κ1) is 18.9. The number of carbonyl (C=O) groups excluding carboxylic acids is 1. The molecule has 7 heteroatoms. The topological polar surface area (TPSA) is 81.5 Å². The molecule has 5 aromatic rings. The lowest BCUT2D eigenvalue weighted by molar-refractivity contribution is -0.116. The molecule has 0 aliphatic heterocycles. The van der Waals surface area contributed by atoms with E-state index in [4.69, 9.17) is 9.40 Å². The van der Waals surface area contributed by atoms with Gasteiger partial charge in [-0.1, -0.05) is 48.5 Å². The van der Waals surface area contributed by atoms with Crippen LogP contribution in [0, 0.1) is 0 Å². The van der Waals surface area contributed by atoms with Gasteiger partial charge in [0.25, 0.3) is 0 Å². The van der Waals surface area contributed by atoms with Gasteiger partial charge in [-0.2, -0.15) is 0 Å². The molecule has 0 saturated carbocycles. The molecule has 0 atom stereocenters. The number of aromatic nitrogens is 3. The molecule has 0 spiro atoms. The summed E-state index contributed by atoms with van der Waals surface area (Å²) in [6.07, 6.45) is 2.65. The number of nitrogens with zero attached hydrogens (tertiary/aromatic N) is 3. The second-order valence-corrected chi connectivity index (χ2v) is 7.24. The first-order valence-corrected chi connectivity index (χ1v) is 10.1. The van der Waals surface area contributed by atoms with Crippen LogP contribution in [0.15, 0.2) is 88.2 Å². The first-order chi connectivity index (χ1) is 15.2. The fourth-order valence-electron chi connectivity index (χ4n) is 3.73. The van der Waals surface area contributed by atoms with Crippen LogP contribution in [0.2, 0.25) is 0 Å². The molecule has 1 amide bonds. The molecule has 5 rings (SSSR count). The molecule has 3 heterocycles. The Morgan fingerprint density at radius 2 is 1.74 bits per heavy atom. The van der Waals surface area contributed by atoms with Gasteiger partial charge >= 0.3 is 5.76 Å². The van der Waals surface area contributed by atoms with Gasteiger partial charge in [0.05, 0.1) is 5.52 Å². The summed E-state index contributed by atoms with van der Waals surface area (Å²) >= 11 is 0. The van der Waals surface area contributed by atoms with E-state index < -0.39 is 5.76 Å². The van der Waals surface area contributed by atoms with Crippen LogP contribution in [0.4, 0.5) is 5.82 Å². The van der Waals surface area contributed by atoms with Crippen LogP contribution < -0.4 is 11.1 Å². The van der Waals surface area contributed by atoms with E-state index in [1.807, 2.05) is 77.3 Å². The number of imidazole rings is 1. The third-order valence-corrected chi connectivity index (χ3v) is 5.19. The number of aryl methyl sites for hydroxylation is 1. The van der Waals surface area contributed by atoms with Crippen LogP contribution in [-0.4, -0.2) is 19.9 Å². The Labute approximate surface area is 177 Å². The second kappa shape index (κ2) is 7.95. The Bertz CT molecular complexity index is 1430. The summed E-state index contributed by atoms with van der Waals surface area (Å²) in [5.74, 6) is 0.0937. The highest BCUT2D eigenvalue weighted by Crippen LogP contribution is 2.28. The fourth-order valence-corrected chi connectivity index (χ4v) is 3.73. The number of rotatable bonds is 6. The van der Waals surface area contributed by atoms with Gasteiger partial charge in [-0.05, 0) is 30.7 Å². The maximum Gasteiger partial charge on any atom is 0.419 e. The van der Waals surface area contributed by atoms with Crippen molar-refractivity contribution in [3.63, 3.8) is 0 Å². The van der Waals surface area contributed by atoms with E-state index in [0.717, 1.165) is 22.4 Å². The molecular formula is C24H20N4O3. The van der Waals surface area contributed by atoms with Gasteiger partial charge in [-0.25, -0.2) is 9.78 Å². The normalized spacial score (nSPS) is 11.2. The molecule has 0 radical (unpaired) electrons. The van der Waals surface area contributed by atoms with Gasteiger partial charge in [0, 0.05) is 24.7 Å². The number of pyridine rings is 1. The van der Waals surface area contributed by atoms with Crippen LogP contribution >= 0.6 is 0 Å². The van der Waals surface area contributed by atoms with Crippen LogP contribution in [0.25, 0.3) is 28.0 Å². The lowest BCUT2D eigenvalue weighted by Crippen LogP contribution is -2.17. The quantitative estimate of drug-likeness (QED) is 0.450. The molecule has 0 aliphatic rings. The predicted molar refractivity (Wildman–Crippen MR) is 119 cm³/mol. The number of para-hydroxylation sites is 2. The fraction of sp³-hybridized carbons (Fsp3) is 0.125. The highest BCUT2D eigenvalue weighted by molar-refractivity contribution is 5.94. The Balaban J connectivity index is 1.35. The molecule has 7 nitrogen and oxygen atoms in total. The first-order valence-electron chi connectivity index (χ1n) is 10.1. The Kier molecular flexibility index (Phi) is 4.84. The number of oxazole rings is 1. The van der Waals surface area contributed by atoms with Crippen molar-refractivity contribution in [1.82, 2.24) is 14.0 Å². The molecule has 0 aliphatic carbocycles. The third-order valence-electron chi connectivity index (χ3n) is 5.19. The SMILES string of the molecule is O=C(CCCn1c(=O)oc2ccccc21)Nc1c(-c2ccccc2)nc2ccccn12. The van der Waals surface area contributed by atoms with E-state index in [9.17, 15) is 9.59 Å². The summed E-state index contributed by atoms with van der Waals surface area (Å²) < 4.78 is 8.68. The minimum atomic E-state index is -0.408. The van der Waals surface area contributed by atoms with Crippen molar-refractivity contribution < 1.29 is 9.21 Å². The van der Waals surface area contributed by atoms with Gasteiger partial charge in [0.15, 0.2) is 5.58 Å². The van der Waals surface area contributed by atoms with Gasteiger partial charge in [-0.3, -0.25) is 13.8 Å². The molecule has 0 saturated heterocycles. The summed E-state index contributed by atoms with van der Waals surface area (Å²) in [6, 6.07) is 22.8. The summed E-state index contributed by atoms with van der Waals surface area (Å²) in [4.78, 5) is 29.5. The predicted octanol–water partition coefficient (Wildman–Crippen LogP) is 4.33. The van der Waals surface area contributed by atoms with Gasteiger partial charge in [0.1, 0.15) is 17.2 Å².